The van der Waals surface area contributed by atoms with E-state index in [4.69, 9.17) is 0 Å². The van der Waals surface area contributed by atoms with E-state index >= 15 is 0 Å². The first-order chi connectivity index (χ1) is 9.79. The summed E-state index contributed by atoms with van der Waals surface area (Å²) in [5.74, 6) is 0.363. The molecule has 21 heavy (non-hydrogen) atoms. The van der Waals surface area contributed by atoms with Crippen LogP contribution >= 0.6 is 0 Å². The number of carbonyl (C=O) groups is 1. The molecule has 0 bridgehead atoms. The molecule has 2 aromatic rings. The maximum absolute atomic E-state index is 12.2. The third-order valence-corrected chi connectivity index (χ3v) is 3.13. The zero-order valence-electron chi connectivity index (χ0n) is 13.0. The number of tetrazole rings is 1. The Balaban J connectivity index is 2.01. The third-order valence-electron chi connectivity index (χ3n) is 3.13. The van der Waals surface area contributed by atoms with E-state index in [1.807, 2.05) is 39.3 Å². The van der Waals surface area contributed by atoms with Crippen LogP contribution in [-0.4, -0.2) is 42.9 Å². The molecule has 0 fully saturated rings. The van der Waals surface area contributed by atoms with E-state index in [1.165, 1.54) is 0 Å². The maximum Gasteiger partial charge on any atom is 0.271 e. The fourth-order valence-corrected chi connectivity index (χ4v) is 2.07. The summed E-state index contributed by atoms with van der Waals surface area (Å²) < 4.78 is 1.85. The van der Waals surface area contributed by atoms with Gasteiger partial charge in [0.1, 0.15) is 5.69 Å². The molecule has 0 unspecified atom stereocenters. The molecular weight excluding hydrogens is 270 g/mol. The molecule has 0 radical (unpaired) electrons. The second kappa shape index (κ2) is 5.63. The normalized spacial score (nSPS) is 13.2. The average molecular weight is 291 g/mol. The van der Waals surface area contributed by atoms with Crippen molar-refractivity contribution < 1.29 is 4.79 Å². The average Bonchev–Trinajstić information content (AvgIpc) is 3.03. The number of hydrogen-bond acceptors (Lipinski definition) is 5. The molecule has 1 amide bonds. The number of carbonyl (C=O) groups excluding carboxylic acids is 1. The Morgan fingerprint density at radius 1 is 1.48 bits per heavy atom. The van der Waals surface area contributed by atoms with Crippen molar-refractivity contribution in [2.75, 3.05) is 6.54 Å². The Morgan fingerprint density at radius 2 is 2.19 bits per heavy atom. The molecule has 0 aliphatic heterocycles. The van der Waals surface area contributed by atoms with Crippen molar-refractivity contribution in [1.29, 1.82) is 0 Å². The predicted octanol–water partition coefficient (Wildman–Crippen LogP) is 0.993. The number of rotatable bonds is 4. The molecule has 8 heteroatoms. The van der Waals surface area contributed by atoms with Crippen LogP contribution in [0.25, 0.3) is 0 Å². The lowest BCUT2D eigenvalue weighted by atomic mass is 10.1. The van der Waals surface area contributed by atoms with E-state index in [1.54, 1.807) is 6.07 Å². The Morgan fingerprint density at radius 3 is 2.71 bits per heavy atom. The molecule has 2 N–H and O–H groups in total. The highest BCUT2D eigenvalue weighted by atomic mass is 16.1. The zero-order valence-corrected chi connectivity index (χ0v) is 13.0. The summed E-state index contributed by atoms with van der Waals surface area (Å²) in [5, 5.41) is 20.9. The molecule has 1 atom stereocenters. The third kappa shape index (κ3) is 3.45. The molecular formula is C13H21N7O. The largest absolute Gasteiger partial charge is 0.350 e. The van der Waals surface area contributed by atoms with Gasteiger partial charge in [-0.3, -0.25) is 9.48 Å². The lowest BCUT2D eigenvalue weighted by molar-refractivity contribution is 0.0945. The molecule has 114 valence electrons. The van der Waals surface area contributed by atoms with Crippen LogP contribution in [0.5, 0.6) is 0 Å². The summed E-state index contributed by atoms with van der Waals surface area (Å²) in [6.07, 6.45) is 0. The first-order valence-corrected chi connectivity index (χ1v) is 6.87. The SMILES string of the molecule is Cc1cc(C(=O)NC[C@H](C)c2nn[nH]n2)nn1C(C)(C)C. The van der Waals surface area contributed by atoms with E-state index < -0.39 is 0 Å². The van der Waals surface area contributed by atoms with Gasteiger partial charge in [0, 0.05) is 18.2 Å². The summed E-state index contributed by atoms with van der Waals surface area (Å²) in [6, 6.07) is 1.79. The molecule has 0 aliphatic rings. The molecule has 2 aromatic heterocycles. The number of hydrogen-bond donors (Lipinski definition) is 2. The number of amides is 1. The Hall–Kier alpha value is -2.25. The molecule has 0 aliphatic carbocycles. The van der Waals surface area contributed by atoms with Crippen molar-refractivity contribution in [1.82, 2.24) is 35.7 Å². The highest BCUT2D eigenvalue weighted by Crippen LogP contribution is 2.16. The Bertz CT molecular complexity index is 609. The highest BCUT2D eigenvalue weighted by molar-refractivity contribution is 5.92. The summed E-state index contributed by atoms with van der Waals surface area (Å²) in [6.45, 7) is 10.4. The Labute approximate surface area is 123 Å². The van der Waals surface area contributed by atoms with Crippen molar-refractivity contribution in [3.8, 4) is 0 Å². The van der Waals surface area contributed by atoms with E-state index in [9.17, 15) is 4.79 Å². The van der Waals surface area contributed by atoms with Gasteiger partial charge >= 0.3 is 0 Å². The molecule has 0 saturated heterocycles. The van der Waals surface area contributed by atoms with E-state index in [-0.39, 0.29) is 17.4 Å². The van der Waals surface area contributed by atoms with Crippen molar-refractivity contribution in [3.63, 3.8) is 0 Å². The van der Waals surface area contributed by atoms with Crippen LogP contribution in [0.15, 0.2) is 6.07 Å². The highest BCUT2D eigenvalue weighted by Gasteiger charge is 2.20. The first-order valence-electron chi connectivity index (χ1n) is 6.87. The van der Waals surface area contributed by atoms with Crippen molar-refractivity contribution in [2.45, 2.75) is 46.1 Å². The van der Waals surface area contributed by atoms with Crippen LogP contribution in [0.2, 0.25) is 0 Å². The molecule has 0 spiro atoms. The lowest BCUT2D eigenvalue weighted by Crippen LogP contribution is -2.29. The maximum atomic E-state index is 12.2. The van der Waals surface area contributed by atoms with Crippen LogP contribution in [-0.2, 0) is 5.54 Å². The lowest BCUT2D eigenvalue weighted by Gasteiger charge is -2.21. The quantitative estimate of drug-likeness (QED) is 0.874. The van der Waals surface area contributed by atoms with Crippen molar-refractivity contribution >= 4 is 5.91 Å². The number of aromatic amines is 1. The van der Waals surface area contributed by atoms with Gasteiger partial charge in [-0.2, -0.15) is 10.3 Å². The van der Waals surface area contributed by atoms with Gasteiger partial charge in [-0.1, -0.05) is 12.1 Å². The first kappa shape index (κ1) is 15.1. The molecule has 0 aromatic carbocycles. The minimum atomic E-state index is -0.198. The fourth-order valence-electron chi connectivity index (χ4n) is 2.07. The van der Waals surface area contributed by atoms with Crippen LogP contribution < -0.4 is 5.32 Å². The van der Waals surface area contributed by atoms with Crippen molar-refractivity contribution in [2.24, 2.45) is 0 Å². The van der Waals surface area contributed by atoms with Crippen LogP contribution in [0, 0.1) is 6.92 Å². The van der Waals surface area contributed by atoms with Gasteiger partial charge in [0.2, 0.25) is 0 Å². The van der Waals surface area contributed by atoms with Gasteiger partial charge in [0.15, 0.2) is 5.82 Å². The predicted molar refractivity (Wildman–Crippen MR) is 76.9 cm³/mol. The smallest absolute Gasteiger partial charge is 0.271 e. The summed E-state index contributed by atoms with van der Waals surface area (Å²) in [7, 11) is 0. The van der Waals surface area contributed by atoms with Gasteiger partial charge < -0.3 is 5.32 Å². The summed E-state index contributed by atoms with van der Waals surface area (Å²) in [4.78, 5) is 12.2. The Kier molecular flexibility index (Phi) is 4.06. The van der Waals surface area contributed by atoms with Crippen LogP contribution in [0.3, 0.4) is 0 Å². The van der Waals surface area contributed by atoms with Gasteiger partial charge in [-0.05, 0) is 33.8 Å². The van der Waals surface area contributed by atoms with E-state index in [2.05, 4.69) is 31.0 Å². The van der Waals surface area contributed by atoms with E-state index in [0.717, 1.165) is 5.69 Å². The topological polar surface area (TPSA) is 101 Å². The molecule has 2 rings (SSSR count). The van der Waals surface area contributed by atoms with Crippen LogP contribution in [0.4, 0.5) is 0 Å². The van der Waals surface area contributed by atoms with Gasteiger partial charge in [-0.25, -0.2) is 0 Å². The summed E-state index contributed by atoms with van der Waals surface area (Å²) >= 11 is 0. The number of aromatic nitrogens is 6. The van der Waals surface area contributed by atoms with Gasteiger partial charge in [0.05, 0.1) is 5.54 Å². The fraction of sp³-hybridized carbons (Fsp3) is 0.615. The monoisotopic (exact) mass is 291 g/mol. The van der Waals surface area contributed by atoms with Crippen molar-refractivity contribution in [3.05, 3.63) is 23.3 Å². The number of nitrogens with zero attached hydrogens (tertiary/aromatic N) is 5. The molecule has 0 saturated carbocycles. The zero-order chi connectivity index (χ0) is 15.6. The minimum absolute atomic E-state index is 0.0153. The van der Waals surface area contributed by atoms with Gasteiger partial charge in [-0.15, -0.1) is 10.2 Å². The second-order valence-electron chi connectivity index (χ2n) is 6.13. The van der Waals surface area contributed by atoms with Gasteiger partial charge in [0.25, 0.3) is 5.91 Å². The standard InChI is InChI=1S/C13H21N7O/c1-8(11-15-18-19-16-11)7-14-12(21)10-6-9(2)20(17-10)13(3,4)5/h6,8H,7H2,1-5H3,(H,14,21)(H,15,16,18,19)/t8-/m0/s1. The number of aryl methyl sites for hydroxylation is 1. The number of nitrogens with one attached hydrogen (secondary N) is 2. The minimum Gasteiger partial charge on any atom is -0.350 e. The van der Waals surface area contributed by atoms with E-state index in [0.29, 0.717) is 18.1 Å². The molecule has 8 nitrogen and oxygen atoms in total. The number of H-pyrrole nitrogens is 1. The second-order valence-corrected chi connectivity index (χ2v) is 6.13. The summed E-state index contributed by atoms with van der Waals surface area (Å²) in [5.41, 5.74) is 1.22. The van der Waals surface area contributed by atoms with Crippen LogP contribution in [0.1, 0.15) is 55.6 Å². The molecule has 2 heterocycles.